The molecule has 2 N–H and O–H groups in total. The molecule has 1 aliphatic heterocycles. The molecule has 0 saturated carbocycles. The summed E-state index contributed by atoms with van der Waals surface area (Å²) in [5.74, 6) is -1.17. The van der Waals surface area contributed by atoms with Crippen LogP contribution in [-0.2, 0) is 11.0 Å². The van der Waals surface area contributed by atoms with Crippen molar-refractivity contribution in [3.63, 3.8) is 0 Å². The van der Waals surface area contributed by atoms with Crippen molar-refractivity contribution in [3.8, 4) is 5.75 Å². The zero-order chi connectivity index (χ0) is 21.0. The van der Waals surface area contributed by atoms with Gasteiger partial charge in [0.1, 0.15) is 17.6 Å². The molecule has 7 nitrogen and oxygen atoms in total. The number of ketones is 1. The monoisotopic (exact) mass is 416 g/mol. The average molecular weight is 416 g/mol. The Kier molecular flexibility index (Phi) is 3.99. The molecule has 3 heterocycles. The van der Waals surface area contributed by atoms with Crippen LogP contribution in [0.25, 0.3) is 0 Å². The van der Waals surface area contributed by atoms with E-state index in [1.54, 1.807) is 24.3 Å². The Labute approximate surface area is 167 Å². The number of phenolic OH excluding ortho intramolecular Hbond substituents is 1. The first-order valence-electron chi connectivity index (χ1n) is 9.20. The lowest BCUT2D eigenvalue weighted by molar-refractivity contribution is -0.145. The molecule has 154 valence electrons. The van der Waals surface area contributed by atoms with Gasteiger partial charge in [0.25, 0.3) is 5.82 Å². The van der Waals surface area contributed by atoms with Crippen LogP contribution in [0.2, 0.25) is 0 Å². The first-order chi connectivity index (χ1) is 14.3. The summed E-state index contributed by atoms with van der Waals surface area (Å²) in [7, 11) is 0. The summed E-state index contributed by atoms with van der Waals surface area (Å²) in [5.41, 5.74) is 1.36. The predicted octanol–water partition coefficient (Wildman–Crippen LogP) is 4.01. The summed E-state index contributed by atoms with van der Waals surface area (Å²) in [6.07, 6.45) is -2.66. The van der Waals surface area contributed by atoms with E-state index in [9.17, 15) is 23.1 Å². The number of phenols is 1. The minimum absolute atomic E-state index is 0.00420. The van der Waals surface area contributed by atoms with Crippen LogP contribution in [0.1, 0.15) is 41.9 Å². The number of carbonyl (C=O) groups excluding carboxylic acids is 1. The molecule has 3 aromatic rings. The van der Waals surface area contributed by atoms with E-state index in [2.05, 4.69) is 15.4 Å². The third-order valence-electron chi connectivity index (χ3n) is 5.33. The van der Waals surface area contributed by atoms with Crippen molar-refractivity contribution < 1.29 is 27.5 Å². The Hall–Kier alpha value is -3.56. The Morgan fingerprint density at radius 2 is 1.93 bits per heavy atom. The lowest BCUT2D eigenvalue weighted by Crippen LogP contribution is -2.33. The van der Waals surface area contributed by atoms with Crippen molar-refractivity contribution in [1.82, 2.24) is 14.8 Å². The van der Waals surface area contributed by atoms with Crippen molar-refractivity contribution in [2.75, 3.05) is 5.32 Å². The fourth-order valence-corrected chi connectivity index (χ4v) is 4.02. The first-order valence-corrected chi connectivity index (χ1v) is 9.20. The molecule has 0 bridgehead atoms. The molecule has 10 heteroatoms. The van der Waals surface area contributed by atoms with E-state index in [1.165, 1.54) is 18.4 Å². The number of hydrogen-bond donors (Lipinski definition) is 2. The molecule has 0 unspecified atom stereocenters. The average Bonchev–Trinajstić information content (AvgIpc) is 3.36. The molecule has 5 rings (SSSR count). The minimum Gasteiger partial charge on any atom is -0.508 e. The number of carbonyl (C=O) groups is 1. The van der Waals surface area contributed by atoms with Crippen molar-refractivity contribution >= 4 is 11.7 Å². The lowest BCUT2D eigenvalue weighted by atomic mass is 9.79. The molecular weight excluding hydrogens is 401 g/mol. The zero-order valence-corrected chi connectivity index (χ0v) is 15.3. The van der Waals surface area contributed by atoms with Crippen LogP contribution >= 0.6 is 0 Å². The van der Waals surface area contributed by atoms with E-state index in [0.717, 1.165) is 4.68 Å². The van der Waals surface area contributed by atoms with Crippen LogP contribution in [0, 0.1) is 0 Å². The number of Topliss-reactive ketones (excluding diaryl/α,β-unsaturated/α-hetero) is 1. The van der Waals surface area contributed by atoms with E-state index in [1.807, 2.05) is 0 Å². The van der Waals surface area contributed by atoms with E-state index >= 15 is 0 Å². The number of alkyl halides is 3. The molecule has 0 radical (unpaired) electrons. The van der Waals surface area contributed by atoms with Crippen molar-refractivity contribution in [2.45, 2.75) is 31.0 Å². The number of hydrogen-bond acceptors (Lipinski definition) is 6. The highest BCUT2D eigenvalue weighted by Gasteiger charge is 2.43. The van der Waals surface area contributed by atoms with E-state index in [0.29, 0.717) is 29.0 Å². The van der Waals surface area contributed by atoms with Gasteiger partial charge >= 0.3 is 6.18 Å². The Balaban J connectivity index is 1.64. The van der Waals surface area contributed by atoms with Crippen LogP contribution in [0.5, 0.6) is 5.75 Å². The van der Waals surface area contributed by atoms with Crippen LogP contribution in [0.4, 0.5) is 19.1 Å². The van der Waals surface area contributed by atoms with E-state index in [-0.39, 0.29) is 29.8 Å². The molecule has 0 amide bonds. The van der Waals surface area contributed by atoms with E-state index < -0.39 is 18.0 Å². The molecule has 1 aromatic carbocycles. The summed E-state index contributed by atoms with van der Waals surface area (Å²) in [6, 6.07) is 8.56. The van der Waals surface area contributed by atoms with Gasteiger partial charge in [-0.25, -0.2) is 4.68 Å². The topological polar surface area (TPSA) is 93.2 Å². The number of fused-ring (bicyclic) bond motifs is 1. The van der Waals surface area contributed by atoms with Gasteiger partial charge in [-0.1, -0.05) is 12.1 Å². The minimum atomic E-state index is -4.73. The highest BCUT2D eigenvalue weighted by molar-refractivity contribution is 6.00. The second-order valence-corrected chi connectivity index (χ2v) is 7.26. The number of allylic oxidation sites excluding steroid dienone is 2. The van der Waals surface area contributed by atoms with Gasteiger partial charge in [-0.05, 0) is 36.2 Å². The maximum absolute atomic E-state index is 13.3. The molecule has 0 saturated heterocycles. The molecular formula is C20H15F3N4O3. The summed E-state index contributed by atoms with van der Waals surface area (Å²) >= 11 is 0. The first kappa shape index (κ1) is 18.5. The number of nitrogens with zero attached hydrogens (tertiary/aromatic N) is 3. The van der Waals surface area contributed by atoms with Crippen molar-refractivity contribution in [3.05, 3.63) is 71.1 Å². The van der Waals surface area contributed by atoms with Crippen LogP contribution in [0.3, 0.4) is 0 Å². The Morgan fingerprint density at radius 1 is 1.17 bits per heavy atom. The SMILES string of the molecule is O=C1C[C@H](c2ccco2)CC2=C1[C@H](c1ccc(O)cc1)n1nc(C(F)(F)F)nc1N2. The van der Waals surface area contributed by atoms with Gasteiger partial charge in [0.2, 0.25) is 5.95 Å². The highest BCUT2D eigenvalue weighted by atomic mass is 19.4. The Morgan fingerprint density at radius 3 is 2.60 bits per heavy atom. The zero-order valence-electron chi connectivity index (χ0n) is 15.3. The van der Waals surface area contributed by atoms with Gasteiger partial charge in [0.15, 0.2) is 5.78 Å². The number of anilines is 1. The summed E-state index contributed by atoms with van der Waals surface area (Å²) in [4.78, 5) is 16.7. The molecule has 1 aliphatic carbocycles. The fourth-order valence-electron chi connectivity index (χ4n) is 4.02. The second kappa shape index (κ2) is 6.48. The van der Waals surface area contributed by atoms with Gasteiger partial charge in [-0.2, -0.15) is 18.2 Å². The summed E-state index contributed by atoms with van der Waals surface area (Å²) in [6.45, 7) is 0. The molecule has 0 fully saturated rings. The second-order valence-electron chi connectivity index (χ2n) is 7.26. The van der Waals surface area contributed by atoms with Crippen LogP contribution in [0.15, 0.2) is 58.3 Å². The number of benzene rings is 1. The standard InChI is InChI=1S/C20H15F3N4O3/c21-20(22,23)18-25-19-24-13-8-11(15-2-1-7-30-15)9-14(29)16(13)17(27(19)26-18)10-3-5-12(28)6-4-10/h1-7,11,17,28H,8-9H2,(H,24,25,26)/t11-,17+/m1/s1. The van der Waals surface area contributed by atoms with Gasteiger partial charge in [-0.15, -0.1) is 5.10 Å². The quantitative estimate of drug-likeness (QED) is 0.656. The highest BCUT2D eigenvalue weighted by Crippen LogP contribution is 2.45. The smallest absolute Gasteiger partial charge is 0.453 e. The van der Waals surface area contributed by atoms with Gasteiger partial charge in [0, 0.05) is 23.6 Å². The number of aromatic nitrogens is 3. The van der Waals surface area contributed by atoms with Gasteiger partial charge < -0.3 is 14.8 Å². The lowest BCUT2D eigenvalue weighted by Gasteiger charge is -2.34. The normalized spacial score (nSPS) is 21.2. The largest absolute Gasteiger partial charge is 0.508 e. The number of nitrogens with one attached hydrogen (secondary N) is 1. The molecule has 2 atom stereocenters. The number of aromatic hydroxyl groups is 1. The molecule has 30 heavy (non-hydrogen) atoms. The number of rotatable bonds is 2. The molecule has 2 aromatic heterocycles. The maximum Gasteiger partial charge on any atom is 0.453 e. The molecule has 0 spiro atoms. The van der Waals surface area contributed by atoms with E-state index in [4.69, 9.17) is 4.42 Å². The summed E-state index contributed by atoms with van der Waals surface area (Å²) in [5, 5.41) is 16.1. The van der Waals surface area contributed by atoms with Crippen LogP contribution in [-0.4, -0.2) is 25.7 Å². The van der Waals surface area contributed by atoms with Crippen molar-refractivity contribution in [1.29, 1.82) is 0 Å². The maximum atomic E-state index is 13.3. The predicted molar refractivity (Wildman–Crippen MR) is 97.6 cm³/mol. The third kappa shape index (κ3) is 2.95. The number of furan rings is 1. The fraction of sp³-hybridized carbons (Fsp3) is 0.250. The molecule has 2 aliphatic rings. The Bertz CT molecular complexity index is 1150. The third-order valence-corrected chi connectivity index (χ3v) is 5.33. The van der Waals surface area contributed by atoms with Crippen LogP contribution < -0.4 is 5.32 Å². The van der Waals surface area contributed by atoms with Gasteiger partial charge in [-0.3, -0.25) is 4.79 Å². The number of halogens is 3. The van der Waals surface area contributed by atoms with Crippen molar-refractivity contribution in [2.24, 2.45) is 0 Å². The summed E-state index contributed by atoms with van der Waals surface area (Å²) < 4.78 is 46.3. The van der Waals surface area contributed by atoms with Gasteiger partial charge in [0.05, 0.1) is 6.26 Å².